The van der Waals surface area contributed by atoms with E-state index in [1.165, 1.54) is 0 Å². The maximum absolute atomic E-state index is 10.0. The van der Waals surface area contributed by atoms with Gasteiger partial charge in [0.2, 0.25) is 0 Å². The topological polar surface area (TPSA) is 110 Å². The first-order valence-corrected chi connectivity index (χ1v) is 13.2. The number of anilines is 1. The number of rotatable bonds is 9. The molecule has 0 saturated carbocycles. The van der Waals surface area contributed by atoms with Crippen LogP contribution in [0.5, 0.6) is 5.75 Å². The van der Waals surface area contributed by atoms with E-state index in [-0.39, 0.29) is 0 Å². The van der Waals surface area contributed by atoms with Crippen molar-refractivity contribution in [1.82, 2.24) is 18.8 Å². The second-order valence-corrected chi connectivity index (χ2v) is 11.2. The molecule has 0 radical (unpaired) electrons. The Labute approximate surface area is 191 Å². The first-order valence-electron chi connectivity index (χ1n) is 11.5. The van der Waals surface area contributed by atoms with Gasteiger partial charge in [-0.15, -0.1) is 10.8 Å². The van der Waals surface area contributed by atoms with Gasteiger partial charge in [-0.2, -0.15) is 0 Å². The first-order chi connectivity index (χ1) is 15.3. The van der Waals surface area contributed by atoms with Crippen LogP contribution in [0, 0.1) is 5.92 Å². The van der Waals surface area contributed by atoms with Crippen molar-refractivity contribution in [2.45, 2.75) is 53.0 Å². The SMILES string of the molecule is CCCc1nc2c(N)nc3cc(OCCCN4CCCS4(O)O)ccc3c2n1CC(C)C. The summed E-state index contributed by atoms with van der Waals surface area (Å²) in [5.41, 5.74) is 8.95. The predicted octanol–water partition coefficient (Wildman–Crippen LogP) is 4.92. The maximum atomic E-state index is 10.0. The fraction of sp³-hybridized carbons (Fsp3) is 0.565. The van der Waals surface area contributed by atoms with Gasteiger partial charge in [-0.05, 0) is 37.3 Å². The summed E-state index contributed by atoms with van der Waals surface area (Å²) < 4.78 is 30.1. The highest BCUT2D eigenvalue weighted by atomic mass is 32.3. The highest BCUT2D eigenvalue weighted by Gasteiger charge is 2.28. The molecule has 1 aliphatic rings. The van der Waals surface area contributed by atoms with Gasteiger partial charge in [-0.25, -0.2) is 14.3 Å². The molecule has 8 nitrogen and oxygen atoms in total. The van der Waals surface area contributed by atoms with Gasteiger partial charge in [0.15, 0.2) is 5.82 Å². The van der Waals surface area contributed by atoms with E-state index in [1.807, 2.05) is 18.2 Å². The Kier molecular flexibility index (Phi) is 6.80. The Morgan fingerprint density at radius 2 is 2.06 bits per heavy atom. The minimum absolute atomic E-state index is 0.448. The largest absolute Gasteiger partial charge is 0.493 e. The van der Waals surface area contributed by atoms with E-state index in [0.717, 1.165) is 72.3 Å². The molecule has 4 N–H and O–H groups in total. The van der Waals surface area contributed by atoms with Crippen LogP contribution in [-0.4, -0.2) is 53.4 Å². The van der Waals surface area contributed by atoms with Crippen molar-refractivity contribution in [1.29, 1.82) is 0 Å². The maximum Gasteiger partial charge on any atom is 0.152 e. The highest BCUT2D eigenvalue weighted by molar-refractivity contribution is 8.22. The molecule has 0 atom stereocenters. The van der Waals surface area contributed by atoms with E-state index in [4.69, 9.17) is 15.5 Å². The minimum Gasteiger partial charge on any atom is -0.493 e. The van der Waals surface area contributed by atoms with Crippen molar-refractivity contribution < 1.29 is 13.8 Å². The summed E-state index contributed by atoms with van der Waals surface area (Å²) >= 11 is 0. The van der Waals surface area contributed by atoms with Gasteiger partial charge in [0.25, 0.3) is 0 Å². The van der Waals surface area contributed by atoms with E-state index in [9.17, 15) is 9.11 Å². The first kappa shape index (κ1) is 23.1. The second-order valence-electron chi connectivity index (χ2n) is 8.98. The fourth-order valence-electron chi connectivity index (χ4n) is 4.40. The number of nitrogens with two attached hydrogens (primary N) is 1. The number of hydrogen-bond donors (Lipinski definition) is 3. The smallest absolute Gasteiger partial charge is 0.152 e. The minimum atomic E-state index is -2.56. The zero-order valence-electron chi connectivity index (χ0n) is 19.3. The lowest BCUT2D eigenvalue weighted by atomic mass is 10.1. The Bertz CT molecular complexity index is 1100. The summed E-state index contributed by atoms with van der Waals surface area (Å²) in [7, 11) is -2.56. The third kappa shape index (κ3) is 4.66. The molecule has 0 aliphatic carbocycles. The summed E-state index contributed by atoms with van der Waals surface area (Å²) in [5.74, 6) is 3.21. The number of ether oxygens (including phenoxy) is 1. The monoisotopic (exact) mass is 461 g/mol. The van der Waals surface area contributed by atoms with Crippen LogP contribution in [0.4, 0.5) is 5.82 Å². The molecule has 0 bridgehead atoms. The molecule has 1 saturated heterocycles. The zero-order valence-corrected chi connectivity index (χ0v) is 20.1. The fourth-order valence-corrected chi connectivity index (χ4v) is 6.02. The second kappa shape index (κ2) is 9.43. The summed E-state index contributed by atoms with van der Waals surface area (Å²) in [6.45, 7) is 9.33. The predicted molar refractivity (Wildman–Crippen MR) is 132 cm³/mol. The number of aryl methyl sites for hydroxylation is 1. The van der Waals surface area contributed by atoms with Crippen molar-refractivity contribution in [2.75, 3.05) is 31.2 Å². The normalized spacial score (nSPS) is 17.6. The summed E-state index contributed by atoms with van der Waals surface area (Å²) in [6.07, 6.45) is 3.50. The van der Waals surface area contributed by atoms with Gasteiger partial charge < -0.3 is 15.0 Å². The molecule has 3 aromatic rings. The third-order valence-electron chi connectivity index (χ3n) is 5.84. The molecular weight excluding hydrogens is 426 g/mol. The van der Waals surface area contributed by atoms with Crippen molar-refractivity contribution in [3.8, 4) is 5.75 Å². The van der Waals surface area contributed by atoms with E-state index in [1.54, 1.807) is 4.31 Å². The molecule has 0 unspecified atom stereocenters. The van der Waals surface area contributed by atoms with Gasteiger partial charge in [0.1, 0.15) is 17.1 Å². The van der Waals surface area contributed by atoms with Crippen molar-refractivity contribution in [3.05, 3.63) is 24.0 Å². The van der Waals surface area contributed by atoms with Gasteiger partial charge in [-0.1, -0.05) is 20.8 Å². The molecule has 9 heteroatoms. The van der Waals surface area contributed by atoms with E-state index in [2.05, 4.69) is 30.3 Å². The van der Waals surface area contributed by atoms with Crippen molar-refractivity contribution in [2.24, 2.45) is 5.92 Å². The molecule has 1 aromatic carbocycles. The number of nitrogen functional groups attached to an aromatic ring is 1. The van der Waals surface area contributed by atoms with Crippen LogP contribution in [-0.2, 0) is 13.0 Å². The number of hydrogen-bond acceptors (Lipinski definition) is 7. The van der Waals surface area contributed by atoms with E-state index in [0.29, 0.717) is 30.6 Å². The highest BCUT2D eigenvalue weighted by Crippen LogP contribution is 2.48. The summed E-state index contributed by atoms with van der Waals surface area (Å²) in [6, 6.07) is 5.95. The van der Waals surface area contributed by atoms with E-state index >= 15 is 0 Å². The third-order valence-corrected chi connectivity index (χ3v) is 7.86. The molecule has 3 heterocycles. The van der Waals surface area contributed by atoms with Crippen LogP contribution < -0.4 is 10.5 Å². The van der Waals surface area contributed by atoms with Crippen LogP contribution in [0.15, 0.2) is 18.2 Å². The lowest BCUT2D eigenvalue weighted by Gasteiger charge is -2.36. The van der Waals surface area contributed by atoms with Crippen LogP contribution in [0.3, 0.4) is 0 Å². The Morgan fingerprint density at radius 3 is 2.75 bits per heavy atom. The molecule has 0 spiro atoms. The average molecular weight is 462 g/mol. The molecular formula is C23H35N5O3S. The molecule has 32 heavy (non-hydrogen) atoms. The number of nitrogens with zero attached hydrogens (tertiary/aromatic N) is 4. The average Bonchev–Trinajstić information content (AvgIpc) is 3.25. The molecule has 0 amide bonds. The molecule has 1 aliphatic heterocycles. The number of pyridine rings is 1. The lowest BCUT2D eigenvalue weighted by Crippen LogP contribution is -2.25. The van der Waals surface area contributed by atoms with Gasteiger partial charge in [0, 0.05) is 37.5 Å². The van der Waals surface area contributed by atoms with Gasteiger partial charge >= 0.3 is 0 Å². The Hall–Kier alpha value is -2.07. The Morgan fingerprint density at radius 1 is 1.25 bits per heavy atom. The van der Waals surface area contributed by atoms with Gasteiger partial charge in [-0.3, -0.25) is 9.11 Å². The lowest BCUT2D eigenvalue weighted by molar-refractivity contribution is 0.286. The molecule has 176 valence electrons. The molecule has 1 fully saturated rings. The van der Waals surface area contributed by atoms with Crippen LogP contribution >= 0.6 is 10.8 Å². The molecule has 4 rings (SSSR count). The Balaban J connectivity index is 1.56. The van der Waals surface area contributed by atoms with Gasteiger partial charge in [0.05, 0.1) is 23.4 Å². The standard InChI is InChI=1S/C23H35N5O3S/c1-4-7-20-26-21-22(28(20)15-16(2)3)18-9-8-17(14-19(18)25-23(21)24)31-12-5-10-27-11-6-13-32(27,29)30/h8-9,14,16,29-30H,4-7,10-13,15H2,1-3H3,(H2,24,25). The number of imidazole rings is 1. The molecule has 2 aromatic heterocycles. The number of aromatic nitrogens is 3. The van der Waals surface area contributed by atoms with Crippen molar-refractivity contribution >= 4 is 38.5 Å². The quantitative estimate of drug-likeness (QED) is 0.388. The number of benzene rings is 1. The van der Waals surface area contributed by atoms with Crippen molar-refractivity contribution in [3.63, 3.8) is 0 Å². The van der Waals surface area contributed by atoms with Crippen LogP contribution in [0.1, 0.15) is 45.9 Å². The van der Waals surface area contributed by atoms with Crippen LogP contribution in [0.2, 0.25) is 0 Å². The summed E-state index contributed by atoms with van der Waals surface area (Å²) in [4.78, 5) is 9.46. The summed E-state index contributed by atoms with van der Waals surface area (Å²) in [5, 5.41) is 1.03. The van der Waals surface area contributed by atoms with E-state index < -0.39 is 10.8 Å². The zero-order chi connectivity index (χ0) is 22.9. The number of fused-ring (bicyclic) bond motifs is 3. The van der Waals surface area contributed by atoms with Crippen LogP contribution in [0.25, 0.3) is 21.9 Å².